The molecule has 0 atom stereocenters. The first-order valence-corrected chi connectivity index (χ1v) is 8.21. The molecule has 0 aliphatic rings. The summed E-state index contributed by atoms with van der Waals surface area (Å²) in [7, 11) is 0. The molecule has 2 rings (SSSR count). The van der Waals surface area contributed by atoms with Gasteiger partial charge in [-0.2, -0.15) is 0 Å². The summed E-state index contributed by atoms with van der Waals surface area (Å²) in [5.74, 6) is -2.70. The lowest BCUT2D eigenvalue weighted by Gasteiger charge is -2.13. The van der Waals surface area contributed by atoms with Gasteiger partial charge in [-0.25, -0.2) is 8.78 Å². The van der Waals surface area contributed by atoms with E-state index in [4.69, 9.17) is 0 Å². The van der Waals surface area contributed by atoms with Crippen molar-refractivity contribution in [1.29, 1.82) is 0 Å². The number of hydrogen-bond acceptors (Lipinski definition) is 3. The van der Waals surface area contributed by atoms with Crippen molar-refractivity contribution >= 4 is 11.6 Å². The molecule has 4 nitrogen and oxygen atoms in total. The minimum absolute atomic E-state index is 0.0344. The summed E-state index contributed by atoms with van der Waals surface area (Å²) in [5, 5.41) is 5.90. The number of alkyl halides is 2. The van der Waals surface area contributed by atoms with Gasteiger partial charge in [0.2, 0.25) is 0 Å². The average Bonchev–Trinajstić information content (AvgIpc) is 2.58. The molecule has 0 radical (unpaired) electrons. The molecular formula is C19H23F2N3O. The standard InChI is InChI=1S/C19H23F2N3O/c1-13(2)10-24-18(25)17-8-7-14(12-23-17)11-22-16-6-4-5-15(9-16)19(3,20)21/h4-9,12-13,22H,10-11H2,1-3H3,(H,24,25). The molecule has 0 aliphatic carbocycles. The zero-order valence-electron chi connectivity index (χ0n) is 14.6. The van der Waals surface area contributed by atoms with Crippen LogP contribution in [0.5, 0.6) is 0 Å². The molecular weight excluding hydrogens is 324 g/mol. The number of amides is 1. The molecule has 134 valence electrons. The molecule has 1 amide bonds. The number of anilines is 1. The topological polar surface area (TPSA) is 54.0 Å². The molecule has 0 saturated heterocycles. The van der Waals surface area contributed by atoms with Crippen molar-refractivity contribution < 1.29 is 13.6 Å². The predicted molar refractivity (Wildman–Crippen MR) is 94.7 cm³/mol. The molecule has 0 saturated carbocycles. The van der Waals surface area contributed by atoms with Crippen LogP contribution in [0.15, 0.2) is 42.6 Å². The predicted octanol–water partition coefficient (Wildman–Crippen LogP) is 4.19. The number of hydrogen-bond donors (Lipinski definition) is 2. The largest absolute Gasteiger partial charge is 0.381 e. The van der Waals surface area contributed by atoms with E-state index in [0.29, 0.717) is 30.4 Å². The summed E-state index contributed by atoms with van der Waals surface area (Å²) in [5.41, 5.74) is 1.79. The highest BCUT2D eigenvalue weighted by Crippen LogP contribution is 2.28. The van der Waals surface area contributed by atoms with Crippen LogP contribution in [0.25, 0.3) is 0 Å². The monoisotopic (exact) mass is 347 g/mol. The van der Waals surface area contributed by atoms with Gasteiger partial charge in [0.25, 0.3) is 11.8 Å². The van der Waals surface area contributed by atoms with E-state index in [1.807, 2.05) is 13.8 Å². The van der Waals surface area contributed by atoms with Crippen molar-refractivity contribution in [2.45, 2.75) is 33.2 Å². The number of benzene rings is 1. The summed E-state index contributed by atoms with van der Waals surface area (Å²) < 4.78 is 26.7. The van der Waals surface area contributed by atoms with Crippen LogP contribution in [0.1, 0.15) is 42.4 Å². The van der Waals surface area contributed by atoms with Gasteiger partial charge in [-0.1, -0.05) is 32.0 Å². The Labute approximate surface area is 146 Å². The Morgan fingerprint density at radius 3 is 2.60 bits per heavy atom. The summed E-state index contributed by atoms with van der Waals surface area (Å²) in [6.07, 6.45) is 1.61. The summed E-state index contributed by atoms with van der Waals surface area (Å²) in [6, 6.07) is 9.61. The van der Waals surface area contributed by atoms with Gasteiger partial charge in [0.1, 0.15) is 5.69 Å². The zero-order valence-corrected chi connectivity index (χ0v) is 14.6. The van der Waals surface area contributed by atoms with Crippen molar-refractivity contribution in [1.82, 2.24) is 10.3 Å². The van der Waals surface area contributed by atoms with Crippen LogP contribution in [-0.2, 0) is 12.5 Å². The van der Waals surface area contributed by atoms with Gasteiger partial charge < -0.3 is 10.6 Å². The first kappa shape index (κ1) is 18.8. The highest BCUT2D eigenvalue weighted by atomic mass is 19.3. The first-order valence-electron chi connectivity index (χ1n) is 8.21. The van der Waals surface area contributed by atoms with Crippen LogP contribution in [0, 0.1) is 5.92 Å². The van der Waals surface area contributed by atoms with E-state index in [-0.39, 0.29) is 11.5 Å². The fourth-order valence-electron chi connectivity index (χ4n) is 2.16. The van der Waals surface area contributed by atoms with E-state index in [1.54, 1.807) is 30.5 Å². The lowest BCUT2D eigenvalue weighted by atomic mass is 10.1. The normalized spacial score (nSPS) is 11.4. The molecule has 0 fully saturated rings. The van der Waals surface area contributed by atoms with E-state index >= 15 is 0 Å². The third kappa shape index (κ3) is 5.81. The molecule has 1 aromatic carbocycles. The van der Waals surface area contributed by atoms with Crippen molar-refractivity contribution in [3.8, 4) is 0 Å². The number of nitrogens with zero attached hydrogens (tertiary/aromatic N) is 1. The number of carbonyl (C=O) groups excluding carboxylic acids is 1. The van der Waals surface area contributed by atoms with E-state index in [0.717, 1.165) is 12.5 Å². The Bertz CT molecular complexity index is 709. The van der Waals surface area contributed by atoms with Crippen LogP contribution in [0.4, 0.5) is 14.5 Å². The van der Waals surface area contributed by atoms with Gasteiger partial charge in [0.05, 0.1) is 0 Å². The van der Waals surface area contributed by atoms with Crippen molar-refractivity contribution in [3.05, 3.63) is 59.4 Å². The van der Waals surface area contributed by atoms with Crippen LogP contribution in [0.3, 0.4) is 0 Å². The molecule has 1 heterocycles. The third-order valence-corrected chi connectivity index (χ3v) is 3.59. The van der Waals surface area contributed by atoms with Gasteiger partial charge in [-0.15, -0.1) is 0 Å². The Morgan fingerprint density at radius 1 is 1.24 bits per heavy atom. The zero-order chi connectivity index (χ0) is 18.4. The molecule has 1 aromatic heterocycles. The molecule has 0 spiro atoms. The Hall–Kier alpha value is -2.50. The van der Waals surface area contributed by atoms with E-state index in [9.17, 15) is 13.6 Å². The summed E-state index contributed by atoms with van der Waals surface area (Å²) in [4.78, 5) is 16.1. The number of carbonyl (C=O) groups is 1. The average molecular weight is 347 g/mol. The fraction of sp³-hybridized carbons (Fsp3) is 0.368. The van der Waals surface area contributed by atoms with Crippen LogP contribution < -0.4 is 10.6 Å². The first-order chi connectivity index (χ1) is 11.8. The Balaban J connectivity index is 1.95. The lowest BCUT2D eigenvalue weighted by molar-refractivity contribution is 0.0175. The van der Waals surface area contributed by atoms with E-state index < -0.39 is 5.92 Å². The SMILES string of the molecule is CC(C)CNC(=O)c1ccc(CNc2cccc(C(C)(F)F)c2)cn1. The molecule has 0 bridgehead atoms. The number of aromatic nitrogens is 1. The van der Waals surface area contributed by atoms with Gasteiger partial charge >= 0.3 is 0 Å². The van der Waals surface area contributed by atoms with Crippen molar-refractivity contribution in [2.24, 2.45) is 5.92 Å². The van der Waals surface area contributed by atoms with Crippen LogP contribution in [-0.4, -0.2) is 17.4 Å². The Morgan fingerprint density at radius 2 is 2.00 bits per heavy atom. The van der Waals surface area contributed by atoms with Crippen LogP contribution >= 0.6 is 0 Å². The summed E-state index contributed by atoms with van der Waals surface area (Å²) >= 11 is 0. The molecule has 6 heteroatoms. The second-order valence-electron chi connectivity index (χ2n) is 6.48. The maximum atomic E-state index is 13.4. The minimum atomic E-state index is -2.87. The van der Waals surface area contributed by atoms with Gasteiger partial charge in [0.15, 0.2) is 0 Å². The smallest absolute Gasteiger partial charge is 0.270 e. The highest BCUT2D eigenvalue weighted by Gasteiger charge is 2.24. The molecule has 0 unspecified atom stereocenters. The fourth-order valence-corrected chi connectivity index (χ4v) is 2.16. The highest BCUT2D eigenvalue weighted by molar-refractivity contribution is 5.92. The maximum absolute atomic E-state index is 13.4. The number of pyridine rings is 1. The molecule has 2 N–H and O–H groups in total. The second kappa shape index (κ2) is 8.05. The van der Waals surface area contributed by atoms with Gasteiger partial charge in [0, 0.05) is 37.5 Å². The molecule has 25 heavy (non-hydrogen) atoms. The van der Waals surface area contributed by atoms with Crippen molar-refractivity contribution in [2.75, 3.05) is 11.9 Å². The third-order valence-electron chi connectivity index (χ3n) is 3.59. The van der Waals surface area contributed by atoms with Gasteiger partial charge in [-0.3, -0.25) is 9.78 Å². The molecule has 2 aromatic rings. The number of rotatable bonds is 7. The van der Waals surface area contributed by atoms with E-state index in [2.05, 4.69) is 15.6 Å². The second-order valence-corrected chi connectivity index (χ2v) is 6.48. The molecule has 0 aliphatic heterocycles. The number of halogens is 2. The van der Waals surface area contributed by atoms with E-state index in [1.165, 1.54) is 12.1 Å². The Kier molecular flexibility index (Phi) is 6.07. The quantitative estimate of drug-likeness (QED) is 0.789. The number of nitrogens with one attached hydrogen (secondary N) is 2. The minimum Gasteiger partial charge on any atom is -0.381 e. The lowest BCUT2D eigenvalue weighted by Crippen LogP contribution is -2.28. The van der Waals surface area contributed by atoms with Gasteiger partial charge in [-0.05, 0) is 29.7 Å². The summed E-state index contributed by atoms with van der Waals surface area (Å²) in [6.45, 7) is 5.94. The van der Waals surface area contributed by atoms with Crippen molar-refractivity contribution in [3.63, 3.8) is 0 Å². The van der Waals surface area contributed by atoms with Crippen LogP contribution in [0.2, 0.25) is 0 Å². The maximum Gasteiger partial charge on any atom is 0.270 e.